The lowest BCUT2D eigenvalue weighted by molar-refractivity contribution is 0.0762. The largest absolute Gasteiger partial charge is 0.351 e. The minimum absolute atomic E-state index is 0.0166. The summed E-state index contributed by atoms with van der Waals surface area (Å²) in [6.45, 7) is 2.22. The van der Waals surface area contributed by atoms with Crippen molar-refractivity contribution < 1.29 is 9.59 Å². The van der Waals surface area contributed by atoms with E-state index >= 15 is 0 Å². The van der Waals surface area contributed by atoms with Crippen LogP contribution in [0, 0.1) is 0 Å². The number of carbonyl (C=O) groups is 2. The van der Waals surface area contributed by atoms with Gasteiger partial charge in [0.25, 0.3) is 5.91 Å². The number of fused-ring (bicyclic) bond motifs is 1. The average Bonchev–Trinajstić information content (AvgIpc) is 2.80. The Morgan fingerprint density at radius 2 is 1.82 bits per heavy atom. The highest BCUT2D eigenvalue weighted by molar-refractivity contribution is 5.98. The maximum Gasteiger partial charge on any atom is 0.314 e. The van der Waals surface area contributed by atoms with Gasteiger partial charge in [-0.15, -0.1) is 0 Å². The van der Waals surface area contributed by atoms with Gasteiger partial charge in [0.1, 0.15) is 0 Å². The number of carbonyl (C=O) groups excluding carboxylic acids is 2. The summed E-state index contributed by atoms with van der Waals surface area (Å²) in [4.78, 5) is 31.5. The molecule has 0 spiro atoms. The number of hydrogen-bond acceptors (Lipinski definition) is 3. The summed E-state index contributed by atoms with van der Waals surface area (Å²) in [5.74, 6) is -0.0166. The molecule has 2 N–H and O–H groups in total. The third-order valence-electron chi connectivity index (χ3n) is 3.94. The molecule has 3 rings (SSSR count). The van der Waals surface area contributed by atoms with Crippen molar-refractivity contribution in [3.8, 4) is 0 Å². The Balaban J connectivity index is 1.78. The van der Waals surface area contributed by atoms with Gasteiger partial charge in [0.05, 0.1) is 5.52 Å². The minimum Gasteiger partial charge on any atom is -0.351 e. The third-order valence-corrected chi connectivity index (χ3v) is 3.94. The molecule has 0 saturated carbocycles. The first kappa shape index (κ1) is 14.3. The Hall–Kier alpha value is -2.63. The van der Waals surface area contributed by atoms with Crippen LogP contribution in [-0.2, 0) is 0 Å². The molecular formula is C16H18N4O2. The van der Waals surface area contributed by atoms with E-state index in [1.54, 1.807) is 22.1 Å². The average molecular weight is 298 g/mol. The van der Waals surface area contributed by atoms with Gasteiger partial charge in [-0.05, 0) is 30.7 Å². The zero-order valence-corrected chi connectivity index (χ0v) is 12.2. The lowest BCUT2D eigenvalue weighted by atomic mass is 10.1. The predicted molar refractivity (Wildman–Crippen MR) is 83.4 cm³/mol. The zero-order chi connectivity index (χ0) is 15.5. The molecule has 3 amide bonds. The number of hydrogen-bond donors (Lipinski definition) is 1. The molecule has 0 bridgehead atoms. The van der Waals surface area contributed by atoms with Crippen molar-refractivity contribution >= 4 is 22.8 Å². The summed E-state index contributed by atoms with van der Waals surface area (Å²) in [7, 11) is 0. The Bertz CT molecular complexity index is 716. The second-order valence-electron chi connectivity index (χ2n) is 5.38. The summed E-state index contributed by atoms with van der Waals surface area (Å²) in [5, 5.41) is 0.946. The molecule has 114 valence electrons. The summed E-state index contributed by atoms with van der Waals surface area (Å²) in [6, 6.07) is 8.89. The number of aromatic nitrogens is 1. The predicted octanol–water partition coefficient (Wildman–Crippen LogP) is 1.46. The number of amides is 3. The van der Waals surface area contributed by atoms with E-state index in [1.807, 2.05) is 24.3 Å². The van der Waals surface area contributed by atoms with E-state index in [2.05, 4.69) is 4.98 Å². The second-order valence-corrected chi connectivity index (χ2v) is 5.38. The van der Waals surface area contributed by atoms with Crippen LogP contribution in [0.3, 0.4) is 0 Å². The molecule has 1 aliphatic heterocycles. The molecule has 1 aromatic carbocycles. The molecule has 1 aromatic heterocycles. The van der Waals surface area contributed by atoms with Crippen LogP contribution in [-0.4, -0.2) is 52.9 Å². The second kappa shape index (κ2) is 6.01. The fourth-order valence-electron chi connectivity index (χ4n) is 2.73. The van der Waals surface area contributed by atoms with Gasteiger partial charge in [-0.25, -0.2) is 4.79 Å². The van der Waals surface area contributed by atoms with Gasteiger partial charge in [-0.1, -0.05) is 6.07 Å². The van der Waals surface area contributed by atoms with Gasteiger partial charge in [0.2, 0.25) is 0 Å². The molecule has 22 heavy (non-hydrogen) atoms. The van der Waals surface area contributed by atoms with E-state index in [9.17, 15) is 9.59 Å². The number of pyridine rings is 1. The summed E-state index contributed by atoms with van der Waals surface area (Å²) in [6.07, 6.45) is 2.47. The molecule has 0 aliphatic carbocycles. The van der Waals surface area contributed by atoms with Gasteiger partial charge in [-0.2, -0.15) is 0 Å². The van der Waals surface area contributed by atoms with Crippen LogP contribution in [0.15, 0.2) is 36.5 Å². The van der Waals surface area contributed by atoms with E-state index < -0.39 is 6.03 Å². The maximum atomic E-state index is 12.6. The standard InChI is InChI=1S/C16H18N4O2/c17-16(22)20-8-2-7-19(9-10-20)15(21)13-4-5-14-12(11-13)3-1-6-18-14/h1,3-6,11H,2,7-10H2,(H2,17,22). The van der Waals surface area contributed by atoms with Crippen LogP contribution in [0.4, 0.5) is 4.79 Å². The van der Waals surface area contributed by atoms with Crippen LogP contribution in [0.25, 0.3) is 10.9 Å². The highest BCUT2D eigenvalue weighted by Gasteiger charge is 2.21. The Morgan fingerprint density at radius 3 is 2.64 bits per heavy atom. The molecule has 2 heterocycles. The summed E-state index contributed by atoms with van der Waals surface area (Å²) < 4.78 is 0. The van der Waals surface area contributed by atoms with Crippen molar-refractivity contribution in [2.45, 2.75) is 6.42 Å². The number of urea groups is 1. The van der Waals surface area contributed by atoms with Crippen LogP contribution < -0.4 is 5.73 Å². The smallest absolute Gasteiger partial charge is 0.314 e. The monoisotopic (exact) mass is 298 g/mol. The van der Waals surface area contributed by atoms with Gasteiger partial charge < -0.3 is 15.5 Å². The topological polar surface area (TPSA) is 79.5 Å². The van der Waals surface area contributed by atoms with E-state index in [0.717, 1.165) is 17.3 Å². The number of primary amides is 1. The van der Waals surface area contributed by atoms with Crippen LogP contribution >= 0.6 is 0 Å². The third kappa shape index (κ3) is 2.86. The first-order chi connectivity index (χ1) is 10.6. The van der Waals surface area contributed by atoms with Gasteiger partial charge in [0.15, 0.2) is 0 Å². The highest BCUT2D eigenvalue weighted by atomic mass is 16.2. The number of nitrogens with two attached hydrogens (primary N) is 1. The number of nitrogens with zero attached hydrogens (tertiary/aromatic N) is 3. The summed E-state index contributed by atoms with van der Waals surface area (Å²) >= 11 is 0. The van der Waals surface area contributed by atoms with Gasteiger partial charge in [-0.3, -0.25) is 9.78 Å². The molecule has 2 aromatic rings. The summed E-state index contributed by atoms with van der Waals surface area (Å²) in [5.41, 5.74) is 6.82. The molecule has 6 nitrogen and oxygen atoms in total. The number of benzene rings is 1. The van der Waals surface area contributed by atoms with Crippen LogP contribution in [0.2, 0.25) is 0 Å². The van der Waals surface area contributed by atoms with Crippen molar-refractivity contribution in [2.24, 2.45) is 5.73 Å². The van der Waals surface area contributed by atoms with E-state index in [1.165, 1.54) is 0 Å². The van der Waals surface area contributed by atoms with Crippen molar-refractivity contribution in [3.63, 3.8) is 0 Å². The minimum atomic E-state index is -0.425. The Morgan fingerprint density at radius 1 is 1.05 bits per heavy atom. The fourth-order valence-corrected chi connectivity index (χ4v) is 2.73. The van der Waals surface area contributed by atoms with Gasteiger partial charge in [0, 0.05) is 43.3 Å². The quantitative estimate of drug-likeness (QED) is 0.865. The highest BCUT2D eigenvalue weighted by Crippen LogP contribution is 2.16. The molecule has 1 aliphatic rings. The van der Waals surface area contributed by atoms with Crippen LogP contribution in [0.5, 0.6) is 0 Å². The lowest BCUT2D eigenvalue weighted by Crippen LogP contribution is -2.39. The van der Waals surface area contributed by atoms with Crippen molar-refractivity contribution in [1.29, 1.82) is 0 Å². The van der Waals surface area contributed by atoms with E-state index in [4.69, 9.17) is 5.73 Å². The molecular weight excluding hydrogens is 280 g/mol. The van der Waals surface area contributed by atoms with Gasteiger partial charge >= 0.3 is 6.03 Å². The van der Waals surface area contributed by atoms with Crippen LogP contribution in [0.1, 0.15) is 16.8 Å². The van der Waals surface area contributed by atoms with E-state index in [-0.39, 0.29) is 5.91 Å². The Labute approximate surface area is 128 Å². The molecule has 0 radical (unpaired) electrons. The van der Waals surface area contributed by atoms with Crippen molar-refractivity contribution in [1.82, 2.24) is 14.8 Å². The molecule has 6 heteroatoms. The molecule has 0 atom stereocenters. The molecule has 0 unspecified atom stereocenters. The zero-order valence-electron chi connectivity index (χ0n) is 12.2. The van der Waals surface area contributed by atoms with Crippen molar-refractivity contribution in [3.05, 3.63) is 42.1 Å². The SMILES string of the molecule is NC(=O)N1CCCN(C(=O)c2ccc3ncccc3c2)CC1. The van der Waals surface area contributed by atoms with E-state index in [0.29, 0.717) is 31.7 Å². The number of rotatable bonds is 1. The first-order valence-electron chi connectivity index (χ1n) is 7.33. The Kier molecular flexibility index (Phi) is 3.91. The first-order valence-corrected chi connectivity index (χ1v) is 7.33. The molecule has 1 saturated heterocycles. The van der Waals surface area contributed by atoms with Crippen molar-refractivity contribution in [2.75, 3.05) is 26.2 Å². The normalized spacial score (nSPS) is 15.6. The molecule has 1 fully saturated rings. The maximum absolute atomic E-state index is 12.6. The fraction of sp³-hybridized carbons (Fsp3) is 0.312. The lowest BCUT2D eigenvalue weighted by Gasteiger charge is -2.21.